The highest BCUT2D eigenvalue weighted by molar-refractivity contribution is 5.70. The molecule has 1 rings (SSSR count). The summed E-state index contributed by atoms with van der Waals surface area (Å²) < 4.78 is 11.2. The van der Waals surface area contributed by atoms with Crippen LogP contribution in [0.5, 0.6) is 0 Å². The van der Waals surface area contributed by atoms with Gasteiger partial charge in [-0.25, -0.2) is 0 Å². The Kier molecular flexibility index (Phi) is 13.5. The Morgan fingerprint density at radius 1 is 1.23 bits per heavy atom. The van der Waals surface area contributed by atoms with Gasteiger partial charge in [-0.1, -0.05) is 67.2 Å². The minimum Gasteiger partial charge on any atom is -0.458 e. The zero-order chi connectivity index (χ0) is 23.1. The van der Waals surface area contributed by atoms with Crippen molar-refractivity contribution < 1.29 is 19.4 Å². The lowest BCUT2D eigenvalue weighted by Crippen LogP contribution is -2.20. The number of carbonyl (C=O) groups is 1. The minimum atomic E-state index is -0.876. The van der Waals surface area contributed by atoms with Crippen LogP contribution < -0.4 is 0 Å². The topological polar surface area (TPSA) is 55.8 Å². The van der Waals surface area contributed by atoms with E-state index in [-0.39, 0.29) is 18.6 Å². The Morgan fingerprint density at radius 3 is 2.61 bits per heavy atom. The Bertz CT molecular complexity index is 709. The summed E-state index contributed by atoms with van der Waals surface area (Å²) in [5.74, 6) is -0.00264. The van der Waals surface area contributed by atoms with Gasteiger partial charge in [-0.15, -0.1) is 0 Å². The monoisotopic (exact) mass is 428 g/mol. The van der Waals surface area contributed by atoms with Gasteiger partial charge in [0.25, 0.3) is 0 Å². The average Bonchev–Trinajstić information content (AvgIpc) is 2.71. The van der Waals surface area contributed by atoms with Crippen LogP contribution in [0.15, 0.2) is 71.9 Å². The Hall–Kier alpha value is -2.17. The van der Waals surface area contributed by atoms with Crippen molar-refractivity contribution in [3.8, 4) is 0 Å². The number of hydrogen-bond donors (Lipinski definition) is 1. The molecule has 31 heavy (non-hydrogen) atoms. The van der Waals surface area contributed by atoms with Crippen LogP contribution in [0.2, 0.25) is 0 Å². The van der Waals surface area contributed by atoms with E-state index in [4.69, 9.17) is 9.47 Å². The molecule has 0 fully saturated rings. The molecule has 0 aliphatic carbocycles. The van der Waals surface area contributed by atoms with Crippen molar-refractivity contribution in [1.29, 1.82) is 0 Å². The minimum absolute atomic E-state index is 0.0460. The molecule has 0 unspecified atom stereocenters. The largest absolute Gasteiger partial charge is 0.458 e. The first-order valence-electron chi connectivity index (χ1n) is 11.2. The summed E-state index contributed by atoms with van der Waals surface area (Å²) in [6.45, 7) is 8.28. The molecule has 4 heteroatoms. The Morgan fingerprint density at radius 2 is 1.94 bits per heavy atom. The summed E-state index contributed by atoms with van der Waals surface area (Å²) in [4.78, 5) is 12.4. The SMILES string of the molecule is C/C=C/C/C(C)=C\[C@@H]1C/C=C/C=C/C[C@H](C)/C=C(\C)[C@@H](OC)C/C=C/[C@@H](O)CC(=O)O1. The molecule has 0 radical (unpaired) electrons. The lowest BCUT2D eigenvalue weighted by atomic mass is 9.99. The summed E-state index contributed by atoms with van der Waals surface area (Å²) in [6.07, 6.45) is 21.7. The van der Waals surface area contributed by atoms with Crippen LogP contribution >= 0.6 is 0 Å². The van der Waals surface area contributed by atoms with Crippen LogP contribution in [-0.4, -0.2) is 36.5 Å². The number of allylic oxidation sites excluding steroid dienone is 7. The molecule has 4 nitrogen and oxygen atoms in total. The van der Waals surface area contributed by atoms with Crippen molar-refractivity contribution in [2.75, 3.05) is 7.11 Å². The van der Waals surface area contributed by atoms with Gasteiger partial charge >= 0.3 is 5.97 Å². The van der Waals surface area contributed by atoms with E-state index in [1.54, 1.807) is 13.2 Å². The third-order valence-corrected chi connectivity index (χ3v) is 5.11. The maximum absolute atomic E-state index is 12.4. The van der Waals surface area contributed by atoms with E-state index in [0.717, 1.165) is 18.4 Å². The fourth-order valence-electron chi connectivity index (χ4n) is 3.41. The molecule has 0 aromatic heterocycles. The second kappa shape index (κ2) is 15.6. The lowest BCUT2D eigenvalue weighted by Gasteiger charge is -2.17. The van der Waals surface area contributed by atoms with E-state index >= 15 is 0 Å². The fraction of sp³-hybridized carbons (Fsp3) is 0.519. The van der Waals surface area contributed by atoms with Gasteiger partial charge in [-0.3, -0.25) is 4.79 Å². The molecule has 1 heterocycles. The van der Waals surface area contributed by atoms with Gasteiger partial charge in [0.05, 0.1) is 18.6 Å². The number of ether oxygens (including phenoxy) is 2. The number of cyclic esters (lactones) is 1. The Labute approximate surface area is 188 Å². The molecule has 1 N–H and O–H groups in total. The number of esters is 1. The second-order valence-corrected chi connectivity index (χ2v) is 8.19. The molecule has 4 atom stereocenters. The van der Waals surface area contributed by atoms with Crippen molar-refractivity contribution in [1.82, 2.24) is 0 Å². The van der Waals surface area contributed by atoms with Crippen LogP contribution in [0.1, 0.15) is 59.8 Å². The van der Waals surface area contributed by atoms with Crippen LogP contribution in [0, 0.1) is 5.92 Å². The molecule has 0 saturated heterocycles. The number of aliphatic hydroxyl groups is 1. The second-order valence-electron chi connectivity index (χ2n) is 8.19. The number of hydrogen-bond acceptors (Lipinski definition) is 4. The third kappa shape index (κ3) is 12.3. The maximum atomic E-state index is 12.4. The van der Waals surface area contributed by atoms with Gasteiger partial charge in [0.15, 0.2) is 0 Å². The molecular formula is C27H40O4. The summed E-state index contributed by atoms with van der Waals surface area (Å²) in [7, 11) is 1.69. The summed E-state index contributed by atoms with van der Waals surface area (Å²) >= 11 is 0. The highest BCUT2D eigenvalue weighted by Crippen LogP contribution is 2.17. The number of rotatable bonds is 4. The molecule has 0 aromatic rings. The first-order chi connectivity index (χ1) is 14.8. The van der Waals surface area contributed by atoms with E-state index in [0.29, 0.717) is 18.8 Å². The van der Waals surface area contributed by atoms with Crippen LogP contribution in [0.4, 0.5) is 0 Å². The molecular weight excluding hydrogens is 388 g/mol. The average molecular weight is 429 g/mol. The molecule has 0 spiro atoms. The van der Waals surface area contributed by atoms with Gasteiger partial charge < -0.3 is 14.6 Å². The molecule has 172 valence electrons. The van der Waals surface area contributed by atoms with Crippen molar-refractivity contribution in [3.05, 3.63) is 71.9 Å². The number of carbonyl (C=O) groups excluding carboxylic acids is 1. The fourth-order valence-corrected chi connectivity index (χ4v) is 3.41. The highest BCUT2D eigenvalue weighted by atomic mass is 16.5. The molecule has 0 bridgehead atoms. The van der Waals surface area contributed by atoms with Crippen LogP contribution in [-0.2, 0) is 14.3 Å². The molecule has 1 aliphatic rings. The van der Waals surface area contributed by atoms with Crippen LogP contribution in [0.25, 0.3) is 0 Å². The maximum Gasteiger partial charge on any atom is 0.309 e. The van der Waals surface area contributed by atoms with E-state index in [2.05, 4.69) is 32.1 Å². The smallest absolute Gasteiger partial charge is 0.309 e. The highest BCUT2D eigenvalue weighted by Gasteiger charge is 2.15. The third-order valence-electron chi connectivity index (χ3n) is 5.11. The van der Waals surface area contributed by atoms with E-state index in [9.17, 15) is 9.90 Å². The van der Waals surface area contributed by atoms with Crippen molar-refractivity contribution in [2.24, 2.45) is 5.92 Å². The Balaban J connectivity index is 3.01. The van der Waals surface area contributed by atoms with Crippen molar-refractivity contribution >= 4 is 5.97 Å². The van der Waals surface area contributed by atoms with Gasteiger partial charge in [0, 0.05) is 13.5 Å². The molecule has 1 aliphatic heterocycles. The van der Waals surface area contributed by atoms with Crippen LogP contribution in [0.3, 0.4) is 0 Å². The predicted octanol–water partition coefficient (Wildman–Crippen LogP) is 6.01. The summed E-state index contributed by atoms with van der Waals surface area (Å²) in [6, 6.07) is 0. The molecule has 0 amide bonds. The van der Waals surface area contributed by atoms with Crippen molar-refractivity contribution in [3.63, 3.8) is 0 Å². The van der Waals surface area contributed by atoms with E-state index in [1.165, 1.54) is 5.57 Å². The van der Waals surface area contributed by atoms with Gasteiger partial charge in [-0.2, -0.15) is 0 Å². The standard InChI is InChI=1S/C27H40O4/c1-6-7-13-22(3)19-25-16-11-9-8-10-14-21(2)18-23(4)26(30-5)17-12-15-24(28)20-27(29)31-25/h6-12,15,18-19,21,24-26,28H,13-14,16-17,20H2,1-5H3/b7-6+,10-8+,11-9+,15-12+,22-19-,23-18+/t21-,24+,25-,26-/m0/s1. The molecule has 0 aromatic carbocycles. The molecule has 0 saturated carbocycles. The normalized spacial score (nSPS) is 32.4. The van der Waals surface area contributed by atoms with Gasteiger partial charge in [-0.05, 0) is 57.6 Å². The first-order valence-corrected chi connectivity index (χ1v) is 11.2. The van der Waals surface area contributed by atoms with Gasteiger partial charge in [0.2, 0.25) is 0 Å². The number of aliphatic hydroxyl groups excluding tert-OH is 1. The number of methoxy groups -OCH3 is 1. The summed E-state index contributed by atoms with van der Waals surface area (Å²) in [5.41, 5.74) is 2.31. The van der Waals surface area contributed by atoms with Gasteiger partial charge in [0.1, 0.15) is 6.10 Å². The zero-order valence-electron chi connectivity index (χ0n) is 19.8. The summed E-state index contributed by atoms with van der Waals surface area (Å²) in [5, 5.41) is 10.2. The predicted molar refractivity (Wildman–Crippen MR) is 129 cm³/mol. The lowest BCUT2D eigenvalue weighted by molar-refractivity contribution is -0.148. The first kappa shape index (κ1) is 26.9. The van der Waals surface area contributed by atoms with Crippen molar-refractivity contribution in [2.45, 2.75) is 78.1 Å². The quantitative estimate of drug-likeness (QED) is 0.440. The van der Waals surface area contributed by atoms with E-state index < -0.39 is 12.1 Å². The zero-order valence-corrected chi connectivity index (χ0v) is 19.8. The van der Waals surface area contributed by atoms with E-state index in [1.807, 2.05) is 50.3 Å².